The van der Waals surface area contributed by atoms with E-state index in [1.807, 2.05) is 21.5 Å². The summed E-state index contributed by atoms with van der Waals surface area (Å²) in [6, 6.07) is 6.99. The van der Waals surface area contributed by atoms with E-state index in [1.165, 1.54) is 0 Å². The number of nitrogens with one attached hydrogen (secondary N) is 2. The summed E-state index contributed by atoms with van der Waals surface area (Å²) in [7, 11) is 0. The maximum absolute atomic E-state index is 11.4. The molecule has 12 heteroatoms. The van der Waals surface area contributed by atoms with Gasteiger partial charge in [-0.05, 0) is 12.1 Å². The highest BCUT2D eigenvalue weighted by Gasteiger charge is 2.10. The van der Waals surface area contributed by atoms with Crippen molar-refractivity contribution in [1.82, 2.24) is 0 Å². The van der Waals surface area contributed by atoms with Crippen LogP contribution in [-0.4, -0.2) is 34.7 Å². The number of halogens is 2. The van der Waals surface area contributed by atoms with Crippen LogP contribution in [0.1, 0.15) is 0 Å². The quantitative estimate of drug-likeness (QED) is 0.126. The van der Waals surface area contributed by atoms with Crippen LogP contribution in [0.4, 0.5) is 11.4 Å². The normalized spacial score (nSPS) is 10.1. The molecule has 4 N–H and O–H groups in total. The Hall–Kier alpha value is -2.86. The molecule has 28 heavy (non-hydrogen) atoms. The molecule has 2 heterocycles. The van der Waals surface area contributed by atoms with Crippen molar-refractivity contribution in [2.45, 2.75) is 13.1 Å². The molecule has 10 nitrogen and oxygen atoms in total. The van der Waals surface area contributed by atoms with Gasteiger partial charge in [0.1, 0.15) is 23.8 Å². The van der Waals surface area contributed by atoms with Crippen molar-refractivity contribution in [3.63, 3.8) is 0 Å². The van der Waals surface area contributed by atoms with Crippen LogP contribution in [-0.2, 0) is 22.7 Å². The third kappa shape index (κ3) is 8.68. The van der Waals surface area contributed by atoms with Gasteiger partial charge in [0.05, 0.1) is 0 Å². The number of amides is 2. The van der Waals surface area contributed by atoms with Gasteiger partial charge in [-0.3, -0.25) is 9.59 Å². The topological polar surface area (TPSA) is 131 Å². The van der Waals surface area contributed by atoms with Gasteiger partial charge in [-0.1, -0.05) is 10.3 Å². The third-order valence-electron chi connectivity index (χ3n) is 3.22. The van der Waals surface area contributed by atoms with Crippen molar-refractivity contribution in [2.24, 2.45) is 10.3 Å². The van der Waals surface area contributed by atoms with Crippen molar-refractivity contribution < 1.29 is 63.1 Å². The fourth-order valence-electron chi connectivity index (χ4n) is 2.15. The highest BCUT2D eigenvalue weighted by atomic mass is 79.9. The lowest BCUT2D eigenvalue weighted by molar-refractivity contribution is -0.777. The van der Waals surface area contributed by atoms with E-state index >= 15 is 0 Å². The molecule has 150 valence electrons. The average Bonchev–Trinajstić information content (AvgIpc) is 2.61. The zero-order valence-corrected chi connectivity index (χ0v) is 17.6. The van der Waals surface area contributed by atoms with Crippen LogP contribution in [0.15, 0.2) is 59.4 Å². The minimum Gasteiger partial charge on any atom is -1.00 e. The predicted octanol–water partition coefficient (Wildman–Crippen LogP) is -6.23. The molecule has 0 aliphatic carbocycles. The Bertz CT molecular complexity index is 778. The summed E-state index contributed by atoms with van der Waals surface area (Å²) in [6.45, 7) is 1.22. The summed E-state index contributed by atoms with van der Waals surface area (Å²) < 4.78 is 3.75. The Morgan fingerprint density at radius 1 is 0.857 bits per heavy atom. The predicted molar refractivity (Wildman–Crippen MR) is 91.1 cm³/mol. The second-order valence-corrected chi connectivity index (χ2v) is 5.13. The second-order valence-electron chi connectivity index (χ2n) is 5.13. The number of anilines is 2. The van der Waals surface area contributed by atoms with E-state index in [-0.39, 0.29) is 34.0 Å². The van der Waals surface area contributed by atoms with Crippen LogP contribution in [0.3, 0.4) is 0 Å². The Morgan fingerprint density at radius 3 is 1.61 bits per heavy atom. The van der Waals surface area contributed by atoms with Gasteiger partial charge >= 0.3 is 0 Å². The number of aromatic nitrogens is 2. The standard InChI is InChI=1S/C16H16N6O4.2BrH/c23-15(9-17-25)19-13-3-1-5-21(11-13)7-8-22-6-2-4-14(12-22)20-16(24)10-18-26;;/h1-6,9-12H,7-8H2,(H2-2,19,20,23,24,25,26);2*1H. The van der Waals surface area contributed by atoms with Gasteiger partial charge in [0.25, 0.3) is 11.8 Å². The second kappa shape index (κ2) is 13.3. The SMILES string of the molecule is O=C(/C=N/O)Nc1ccc[n+](CC[n+]2cccc(NC(=O)/C=N/O)c2)c1.[Br-].[Br-]. The van der Waals surface area contributed by atoms with Crippen LogP contribution in [0.2, 0.25) is 0 Å². The van der Waals surface area contributed by atoms with Crippen LogP contribution in [0.25, 0.3) is 0 Å². The van der Waals surface area contributed by atoms with E-state index in [0.29, 0.717) is 24.5 Å². The molecule has 0 aliphatic rings. The Morgan fingerprint density at radius 2 is 1.25 bits per heavy atom. The first kappa shape index (κ1) is 25.1. The van der Waals surface area contributed by atoms with Gasteiger partial charge in [-0.25, -0.2) is 0 Å². The molecule has 0 aromatic carbocycles. The van der Waals surface area contributed by atoms with Gasteiger partial charge in [0.2, 0.25) is 13.1 Å². The fourth-order valence-corrected chi connectivity index (χ4v) is 2.15. The molecular weight excluding hydrogens is 500 g/mol. The summed E-state index contributed by atoms with van der Waals surface area (Å²) in [6.07, 6.45) is 8.72. The van der Waals surface area contributed by atoms with Crippen molar-refractivity contribution in [3.8, 4) is 0 Å². The highest BCUT2D eigenvalue weighted by Crippen LogP contribution is 2.02. The first-order valence-electron chi connectivity index (χ1n) is 7.56. The van der Waals surface area contributed by atoms with Gasteiger partial charge in [0, 0.05) is 12.1 Å². The zero-order valence-electron chi connectivity index (χ0n) is 14.4. The largest absolute Gasteiger partial charge is 1.00 e. The van der Waals surface area contributed by atoms with E-state index in [4.69, 9.17) is 10.4 Å². The Balaban J connectivity index is 0.00000364. The van der Waals surface area contributed by atoms with Crippen molar-refractivity contribution in [3.05, 3.63) is 49.1 Å². The molecule has 0 radical (unpaired) electrons. The molecular formula is C16H18Br2N6O4. The van der Waals surface area contributed by atoms with Gasteiger partial charge < -0.3 is 55.0 Å². The molecule has 0 unspecified atom stereocenters. The minimum atomic E-state index is -0.533. The van der Waals surface area contributed by atoms with E-state index in [1.54, 1.807) is 36.7 Å². The fraction of sp³-hybridized carbons (Fsp3) is 0.125. The first-order valence-corrected chi connectivity index (χ1v) is 7.56. The lowest BCUT2D eigenvalue weighted by Crippen LogP contribution is -3.00. The lowest BCUT2D eigenvalue weighted by atomic mass is 10.3. The number of hydrogen-bond donors (Lipinski definition) is 4. The van der Waals surface area contributed by atoms with Crippen LogP contribution in [0, 0.1) is 0 Å². The number of pyridine rings is 2. The zero-order chi connectivity index (χ0) is 18.8. The molecule has 2 amide bonds. The van der Waals surface area contributed by atoms with Crippen LogP contribution in [0.5, 0.6) is 0 Å². The first-order chi connectivity index (χ1) is 12.6. The molecule has 0 bridgehead atoms. The van der Waals surface area contributed by atoms with Crippen molar-refractivity contribution >= 4 is 35.6 Å². The number of carbonyl (C=O) groups is 2. The van der Waals surface area contributed by atoms with Gasteiger partial charge in [-0.15, -0.1) is 0 Å². The molecule has 2 rings (SSSR count). The number of hydrogen-bond acceptors (Lipinski definition) is 6. The van der Waals surface area contributed by atoms with Crippen LogP contribution >= 0.6 is 0 Å². The van der Waals surface area contributed by atoms with E-state index in [0.717, 1.165) is 12.4 Å². The minimum absolute atomic E-state index is 0. The third-order valence-corrected chi connectivity index (χ3v) is 3.22. The summed E-state index contributed by atoms with van der Waals surface area (Å²) in [4.78, 5) is 22.8. The average molecular weight is 518 g/mol. The maximum atomic E-state index is 11.4. The molecule has 0 saturated heterocycles. The number of nitrogens with zero attached hydrogens (tertiary/aromatic N) is 4. The Kier molecular flexibility index (Phi) is 12.0. The molecule has 0 atom stereocenters. The van der Waals surface area contributed by atoms with Crippen molar-refractivity contribution in [2.75, 3.05) is 10.6 Å². The molecule has 0 aliphatic heterocycles. The van der Waals surface area contributed by atoms with Gasteiger partial charge in [-0.2, -0.15) is 9.13 Å². The number of aryl methyl sites for hydroxylation is 2. The smallest absolute Gasteiger partial charge is 0.270 e. The maximum Gasteiger partial charge on any atom is 0.270 e. The number of rotatable bonds is 7. The summed E-state index contributed by atoms with van der Waals surface area (Å²) in [5.74, 6) is -1.07. The monoisotopic (exact) mass is 516 g/mol. The highest BCUT2D eigenvalue weighted by molar-refractivity contribution is 6.31. The molecule has 2 aromatic rings. The van der Waals surface area contributed by atoms with Gasteiger partial charge in [0.15, 0.2) is 24.8 Å². The van der Waals surface area contributed by atoms with E-state index < -0.39 is 11.8 Å². The summed E-state index contributed by atoms with van der Waals surface area (Å²) in [5, 5.41) is 27.2. The molecule has 0 spiro atoms. The molecule has 2 aromatic heterocycles. The van der Waals surface area contributed by atoms with Crippen LogP contribution < -0.4 is 53.7 Å². The molecule has 0 fully saturated rings. The van der Waals surface area contributed by atoms with E-state index in [2.05, 4.69) is 20.9 Å². The van der Waals surface area contributed by atoms with Crippen molar-refractivity contribution in [1.29, 1.82) is 0 Å². The summed E-state index contributed by atoms with van der Waals surface area (Å²) in [5.41, 5.74) is 1.12. The van der Waals surface area contributed by atoms with E-state index in [9.17, 15) is 9.59 Å². The number of oxime groups is 2. The lowest BCUT2D eigenvalue weighted by Gasteiger charge is -2.02. The summed E-state index contributed by atoms with van der Waals surface area (Å²) >= 11 is 0. The Labute approximate surface area is 181 Å². The number of carbonyl (C=O) groups excluding carboxylic acids is 2. The molecule has 0 saturated carbocycles.